The Morgan fingerprint density at radius 3 is 2.40 bits per heavy atom. The number of amides is 1. The molecule has 6 nitrogen and oxygen atoms in total. The maximum absolute atomic E-state index is 11.7. The number of nitrogens with zero attached hydrogens (tertiary/aromatic N) is 2. The lowest BCUT2D eigenvalue weighted by Gasteiger charge is -2.38. The highest BCUT2D eigenvalue weighted by molar-refractivity contribution is 5.70. The normalized spacial score (nSPS) is 23.8. The Labute approximate surface area is 149 Å². The van der Waals surface area contributed by atoms with Crippen molar-refractivity contribution in [3.63, 3.8) is 0 Å². The SMILES string of the molecule is CCCOc1ccc(OCCN2CCC[C@@]3(C2)CN(C)C(=O)O3)cc1. The van der Waals surface area contributed by atoms with E-state index in [1.54, 1.807) is 11.9 Å². The molecule has 1 atom stereocenters. The Hall–Kier alpha value is -1.95. The van der Waals surface area contributed by atoms with Gasteiger partial charge in [-0.25, -0.2) is 4.79 Å². The zero-order chi connectivity index (χ0) is 17.7. The average molecular weight is 348 g/mol. The molecular weight excluding hydrogens is 320 g/mol. The molecule has 2 aliphatic heterocycles. The number of hydrogen-bond acceptors (Lipinski definition) is 5. The second-order valence-electron chi connectivity index (χ2n) is 6.96. The molecule has 0 bridgehead atoms. The number of carbonyl (C=O) groups excluding carboxylic acids is 1. The van der Waals surface area contributed by atoms with Gasteiger partial charge in [0.05, 0.1) is 13.2 Å². The van der Waals surface area contributed by atoms with E-state index in [9.17, 15) is 4.79 Å². The van der Waals surface area contributed by atoms with Gasteiger partial charge in [-0.05, 0) is 50.1 Å². The lowest BCUT2D eigenvalue weighted by Crippen LogP contribution is -2.51. The second-order valence-corrected chi connectivity index (χ2v) is 6.96. The highest BCUT2D eigenvalue weighted by Crippen LogP contribution is 2.31. The predicted molar refractivity (Wildman–Crippen MR) is 95.2 cm³/mol. The van der Waals surface area contributed by atoms with E-state index in [2.05, 4.69) is 11.8 Å². The summed E-state index contributed by atoms with van der Waals surface area (Å²) in [6.07, 6.45) is 2.79. The molecular formula is C19H28N2O4. The molecule has 1 aromatic rings. The molecule has 138 valence electrons. The molecule has 0 aliphatic carbocycles. The van der Waals surface area contributed by atoms with Gasteiger partial charge in [0.25, 0.3) is 0 Å². The number of likely N-dealkylation sites (tertiary alicyclic amines) is 1. The van der Waals surface area contributed by atoms with Crippen LogP contribution in [0.1, 0.15) is 26.2 Å². The maximum Gasteiger partial charge on any atom is 0.410 e. The predicted octanol–water partition coefficient (Wildman–Crippen LogP) is 2.77. The molecule has 2 saturated heterocycles. The second kappa shape index (κ2) is 7.95. The fourth-order valence-electron chi connectivity index (χ4n) is 3.53. The number of benzene rings is 1. The Morgan fingerprint density at radius 2 is 1.80 bits per heavy atom. The summed E-state index contributed by atoms with van der Waals surface area (Å²) in [4.78, 5) is 15.7. The van der Waals surface area contributed by atoms with Crippen molar-refractivity contribution in [2.24, 2.45) is 0 Å². The molecule has 1 spiro atoms. The van der Waals surface area contributed by atoms with Crippen LogP contribution in [0.2, 0.25) is 0 Å². The molecule has 0 radical (unpaired) electrons. The first-order valence-electron chi connectivity index (χ1n) is 9.12. The van der Waals surface area contributed by atoms with Crippen molar-refractivity contribution in [1.29, 1.82) is 0 Å². The van der Waals surface area contributed by atoms with E-state index in [0.717, 1.165) is 57.0 Å². The standard InChI is InChI=1S/C19H28N2O4/c1-3-12-23-16-5-7-17(8-6-16)24-13-11-21-10-4-9-19(15-21)14-20(2)18(22)25-19/h5-8H,3-4,9-15H2,1-2H3/t19-/m0/s1. The number of carbonyl (C=O) groups is 1. The van der Waals surface area contributed by atoms with Crippen LogP contribution in [-0.4, -0.2) is 67.9 Å². The minimum Gasteiger partial charge on any atom is -0.494 e. The van der Waals surface area contributed by atoms with Crippen molar-refractivity contribution in [1.82, 2.24) is 9.80 Å². The van der Waals surface area contributed by atoms with Gasteiger partial charge in [0.1, 0.15) is 23.7 Å². The first-order valence-corrected chi connectivity index (χ1v) is 9.12. The zero-order valence-corrected chi connectivity index (χ0v) is 15.2. The molecule has 1 amide bonds. The Morgan fingerprint density at radius 1 is 1.12 bits per heavy atom. The smallest absolute Gasteiger partial charge is 0.410 e. The average Bonchev–Trinajstić information content (AvgIpc) is 2.87. The maximum atomic E-state index is 11.7. The van der Waals surface area contributed by atoms with E-state index in [0.29, 0.717) is 13.2 Å². The van der Waals surface area contributed by atoms with E-state index >= 15 is 0 Å². The number of ether oxygens (including phenoxy) is 3. The van der Waals surface area contributed by atoms with E-state index in [-0.39, 0.29) is 11.7 Å². The van der Waals surface area contributed by atoms with E-state index in [1.807, 2.05) is 24.3 Å². The van der Waals surface area contributed by atoms with Crippen LogP contribution in [0.5, 0.6) is 11.5 Å². The number of likely N-dealkylation sites (N-methyl/N-ethyl adjacent to an activating group) is 1. The van der Waals surface area contributed by atoms with Gasteiger partial charge in [-0.2, -0.15) is 0 Å². The summed E-state index contributed by atoms with van der Waals surface area (Å²) in [6, 6.07) is 7.76. The summed E-state index contributed by atoms with van der Waals surface area (Å²) in [5.41, 5.74) is -0.331. The summed E-state index contributed by atoms with van der Waals surface area (Å²) in [5.74, 6) is 1.72. The van der Waals surface area contributed by atoms with Crippen molar-refractivity contribution in [2.45, 2.75) is 31.8 Å². The molecule has 25 heavy (non-hydrogen) atoms. The highest BCUT2D eigenvalue weighted by atomic mass is 16.6. The lowest BCUT2D eigenvalue weighted by molar-refractivity contribution is -0.0116. The van der Waals surface area contributed by atoms with Gasteiger partial charge >= 0.3 is 6.09 Å². The fourth-order valence-corrected chi connectivity index (χ4v) is 3.53. The van der Waals surface area contributed by atoms with Gasteiger partial charge in [-0.3, -0.25) is 4.90 Å². The Balaban J connectivity index is 1.43. The number of hydrogen-bond donors (Lipinski definition) is 0. The third-order valence-corrected chi connectivity index (χ3v) is 4.73. The van der Waals surface area contributed by atoms with E-state index < -0.39 is 0 Å². The molecule has 6 heteroatoms. The van der Waals surface area contributed by atoms with Crippen molar-refractivity contribution >= 4 is 6.09 Å². The van der Waals surface area contributed by atoms with Crippen LogP contribution in [0.3, 0.4) is 0 Å². The Bertz CT molecular complexity index is 577. The molecule has 2 aliphatic rings. The third kappa shape index (κ3) is 4.57. The van der Waals surface area contributed by atoms with Crippen LogP contribution in [0.4, 0.5) is 4.79 Å². The van der Waals surface area contributed by atoms with Crippen LogP contribution in [-0.2, 0) is 4.74 Å². The van der Waals surface area contributed by atoms with Crippen LogP contribution >= 0.6 is 0 Å². The highest BCUT2D eigenvalue weighted by Gasteiger charge is 2.46. The van der Waals surface area contributed by atoms with E-state index in [1.165, 1.54) is 0 Å². The molecule has 0 N–H and O–H groups in total. The van der Waals surface area contributed by atoms with Gasteiger partial charge in [-0.1, -0.05) is 6.92 Å². The van der Waals surface area contributed by atoms with Crippen molar-refractivity contribution in [3.05, 3.63) is 24.3 Å². The number of rotatable bonds is 7. The van der Waals surface area contributed by atoms with Crippen LogP contribution in [0, 0.1) is 0 Å². The molecule has 0 aromatic heterocycles. The fraction of sp³-hybridized carbons (Fsp3) is 0.632. The molecule has 2 heterocycles. The summed E-state index contributed by atoms with van der Waals surface area (Å²) in [6.45, 7) is 6.77. The first kappa shape index (κ1) is 17.9. The van der Waals surface area contributed by atoms with Crippen molar-refractivity contribution in [3.8, 4) is 11.5 Å². The molecule has 1 aromatic carbocycles. The molecule has 2 fully saturated rings. The zero-order valence-electron chi connectivity index (χ0n) is 15.2. The minimum absolute atomic E-state index is 0.205. The van der Waals surface area contributed by atoms with Crippen LogP contribution < -0.4 is 9.47 Å². The van der Waals surface area contributed by atoms with Crippen molar-refractivity contribution < 1.29 is 19.0 Å². The molecule has 0 unspecified atom stereocenters. The van der Waals surface area contributed by atoms with Crippen molar-refractivity contribution in [2.75, 3.05) is 46.4 Å². The molecule has 0 saturated carbocycles. The summed E-state index contributed by atoms with van der Waals surface area (Å²) in [5, 5.41) is 0. The van der Waals surface area contributed by atoms with E-state index in [4.69, 9.17) is 14.2 Å². The summed E-state index contributed by atoms with van der Waals surface area (Å²) < 4.78 is 17.1. The van der Waals surface area contributed by atoms with Crippen LogP contribution in [0.25, 0.3) is 0 Å². The number of piperidine rings is 1. The van der Waals surface area contributed by atoms with Gasteiger partial charge in [0.2, 0.25) is 0 Å². The Kier molecular flexibility index (Phi) is 5.68. The topological polar surface area (TPSA) is 51.2 Å². The third-order valence-electron chi connectivity index (χ3n) is 4.73. The summed E-state index contributed by atoms with van der Waals surface area (Å²) in [7, 11) is 1.80. The minimum atomic E-state index is -0.331. The van der Waals surface area contributed by atoms with Gasteiger partial charge < -0.3 is 19.1 Å². The van der Waals surface area contributed by atoms with Gasteiger partial charge in [-0.15, -0.1) is 0 Å². The quantitative estimate of drug-likeness (QED) is 0.758. The lowest BCUT2D eigenvalue weighted by atomic mass is 9.93. The van der Waals surface area contributed by atoms with Gasteiger partial charge in [0, 0.05) is 20.1 Å². The monoisotopic (exact) mass is 348 g/mol. The van der Waals surface area contributed by atoms with Crippen LogP contribution in [0.15, 0.2) is 24.3 Å². The molecule has 3 rings (SSSR count). The summed E-state index contributed by atoms with van der Waals surface area (Å²) >= 11 is 0. The first-order chi connectivity index (χ1) is 12.1. The van der Waals surface area contributed by atoms with Gasteiger partial charge in [0.15, 0.2) is 0 Å². The largest absolute Gasteiger partial charge is 0.494 e.